The van der Waals surface area contributed by atoms with E-state index >= 15 is 4.39 Å². The molecular formula is C35H38FN3O8S. The lowest BCUT2D eigenvalue weighted by Gasteiger charge is -2.34. The van der Waals surface area contributed by atoms with Crippen molar-refractivity contribution >= 4 is 27.5 Å². The Morgan fingerprint density at radius 3 is 2.06 bits per heavy atom. The molecule has 4 aromatic rings. The Morgan fingerprint density at radius 1 is 0.792 bits per heavy atom. The molecule has 1 N–H and O–H groups in total. The van der Waals surface area contributed by atoms with Crippen molar-refractivity contribution in [2.75, 3.05) is 46.3 Å². The van der Waals surface area contributed by atoms with Gasteiger partial charge in [0.25, 0.3) is 10.0 Å². The molecule has 0 saturated heterocycles. The lowest BCUT2D eigenvalue weighted by atomic mass is 10.0. The second-order valence-electron chi connectivity index (χ2n) is 10.5. The average Bonchev–Trinajstić information content (AvgIpc) is 3.11. The van der Waals surface area contributed by atoms with Crippen LogP contribution in [0.4, 0.5) is 10.1 Å². The van der Waals surface area contributed by atoms with Gasteiger partial charge in [0, 0.05) is 37.7 Å². The van der Waals surface area contributed by atoms with Crippen molar-refractivity contribution in [1.82, 2.24) is 10.2 Å². The molecular weight excluding hydrogens is 641 g/mol. The summed E-state index contributed by atoms with van der Waals surface area (Å²) in [5.41, 5.74) is 0.869. The van der Waals surface area contributed by atoms with Crippen LogP contribution in [0.15, 0.2) is 95.9 Å². The van der Waals surface area contributed by atoms with Crippen LogP contribution < -0.4 is 28.6 Å². The lowest BCUT2D eigenvalue weighted by molar-refractivity contribution is -0.139. The minimum Gasteiger partial charge on any atom is -0.497 e. The minimum absolute atomic E-state index is 0.00891. The molecule has 0 aromatic heterocycles. The molecule has 11 nitrogen and oxygen atoms in total. The first-order chi connectivity index (χ1) is 23.1. The summed E-state index contributed by atoms with van der Waals surface area (Å²) < 4.78 is 66.5. The van der Waals surface area contributed by atoms with Crippen LogP contribution in [-0.4, -0.2) is 73.2 Å². The molecule has 4 rings (SSSR count). The summed E-state index contributed by atoms with van der Waals surface area (Å²) in [6, 6.07) is 22.3. The second kappa shape index (κ2) is 16.0. The maximum atomic E-state index is 15.0. The number of hydrogen-bond acceptors (Lipinski definition) is 8. The van der Waals surface area contributed by atoms with Gasteiger partial charge in [0.15, 0.2) is 11.5 Å². The third-order valence-corrected chi connectivity index (χ3v) is 9.45. The molecule has 0 fully saturated rings. The fraction of sp³-hybridized carbons (Fsp3) is 0.257. The van der Waals surface area contributed by atoms with Gasteiger partial charge >= 0.3 is 0 Å². The van der Waals surface area contributed by atoms with Crippen LogP contribution in [-0.2, 0) is 32.6 Å². The molecule has 2 amide bonds. The SMILES string of the molecule is CNC(=O)[C@H](Cc1ccccc1)N(Cc1ccccc1F)C(=O)CN(c1cc(OC)ccc1OC)S(=O)(=O)c1ccc(OC)c(OC)c1. The molecule has 0 bridgehead atoms. The molecule has 0 radical (unpaired) electrons. The number of halogens is 1. The number of hydrogen-bond donors (Lipinski definition) is 1. The van der Waals surface area contributed by atoms with E-state index in [0.29, 0.717) is 11.5 Å². The monoisotopic (exact) mass is 679 g/mol. The zero-order chi connectivity index (χ0) is 34.8. The maximum Gasteiger partial charge on any atom is 0.265 e. The molecule has 0 heterocycles. The molecule has 48 heavy (non-hydrogen) atoms. The summed E-state index contributed by atoms with van der Waals surface area (Å²) in [4.78, 5) is 29.0. The quantitative estimate of drug-likeness (QED) is 0.196. The van der Waals surface area contributed by atoms with Crippen molar-refractivity contribution in [3.8, 4) is 23.0 Å². The summed E-state index contributed by atoms with van der Waals surface area (Å²) in [5.74, 6) is -1.03. The number of carbonyl (C=O) groups is 2. The topological polar surface area (TPSA) is 124 Å². The third kappa shape index (κ3) is 7.97. The van der Waals surface area contributed by atoms with Crippen molar-refractivity contribution in [2.24, 2.45) is 0 Å². The van der Waals surface area contributed by atoms with Gasteiger partial charge in [0.05, 0.1) is 39.0 Å². The fourth-order valence-corrected chi connectivity index (χ4v) is 6.57. The number of ether oxygens (including phenoxy) is 4. The van der Waals surface area contributed by atoms with Crippen LogP contribution in [0.5, 0.6) is 23.0 Å². The molecule has 0 aliphatic rings. The number of anilines is 1. The highest BCUT2D eigenvalue weighted by Gasteiger charge is 2.36. The van der Waals surface area contributed by atoms with Gasteiger partial charge in [0.2, 0.25) is 11.8 Å². The standard InChI is InChI=1S/C35H38FN3O8S/c1-37-35(41)30(19-24-11-7-6-8-12-24)38(22-25-13-9-10-14-28(25)36)34(40)23-39(29-20-26(44-2)15-17-31(29)45-3)48(42,43)27-16-18-32(46-4)33(21-27)47-5/h6-18,20-21,30H,19,22-23H2,1-5H3,(H,37,41)/t30-/m0/s1. The van der Waals surface area contributed by atoms with Gasteiger partial charge in [-0.2, -0.15) is 0 Å². The van der Waals surface area contributed by atoms with Gasteiger partial charge in [0.1, 0.15) is 29.9 Å². The van der Waals surface area contributed by atoms with Crippen molar-refractivity contribution in [3.05, 3.63) is 108 Å². The molecule has 0 saturated carbocycles. The first-order valence-corrected chi connectivity index (χ1v) is 16.3. The number of benzene rings is 4. The van der Waals surface area contributed by atoms with E-state index in [0.717, 1.165) is 9.87 Å². The van der Waals surface area contributed by atoms with Crippen LogP contribution in [0.25, 0.3) is 0 Å². The van der Waals surface area contributed by atoms with Gasteiger partial charge < -0.3 is 29.2 Å². The molecule has 0 aliphatic carbocycles. The number of nitrogens with zero attached hydrogens (tertiary/aromatic N) is 2. The molecule has 0 unspecified atom stereocenters. The average molecular weight is 680 g/mol. The van der Waals surface area contributed by atoms with Crippen LogP contribution in [0.2, 0.25) is 0 Å². The fourth-order valence-electron chi connectivity index (χ4n) is 5.14. The van der Waals surface area contributed by atoms with E-state index in [1.165, 1.54) is 88.9 Å². The van der Waals surface area contributed by atoms with E-state index in [2.05, 4.69) is 5.32 Å². The number of methoxy groups -OCH3 is 4. The Kier molecular flexibility index (Phi) is 11.9. The first kappa shape index (κ1) is 35.6. The van der Waals surface area contributed by atoms with Crippen molar-refractivity contribution in [3.63, 3.8) is 0 Å². The predicted molar refractivity (Wildman–Crippen MR) is 179 cm³/mol. The van der Waals surface area contributed by atoms with E-state index in [-0.39, 0.29) is 40.6 Å². The van der Waals surface area contributed by atoms with E-state index in [1.54, 1.807) is 36.4 Å². The summed E-state index contributed by atoms with van der Waals surface area (Å²) >= 11 is 0. The van der Waals surface area contributed by atoms with Gasteiger partial charge in [-0.25, -0.2) is 12.8 Å². The van der Waals surface area contributed by atoms with Crippen LogP contribution in [0, 0.1) is 5.82 Å². The molecule has 0 aliphatic heterocycles. The smallest absolute Gasteiger partial charge is 0.265 e. The molecule has 0 spiro atoms. The normalized spacial score (nSPS) is 11.6. The number of sulfonamides is 1. The van der Waals surface area contributed by atoms with Crippen molar-refractivity contribution in [1.29, 1.82) is 0 Å². The Bertz CT molecular complexity index is 1840. The summed E-state index contributed by atoms with van der Waals surface area (Å²) in [5, 5.41) is 2.60. The van der Waals surface area contributed by atoms with E-state index in [9.17, 15) is 18.0 Å². The highest BCUT2D eigenvalue weighted by Crippen LogP contribution is 2.38. The summed E-state index contributed by atoms with van der Waals surface area (Å²) in [6.45, 7) is -1.12. The largest absolute Gasteiger partial charge is 0.497 e. The van der Waals surface area contributed by atoms with Crippen molar-refractivity contribution < 1.29 is 41.3 Å². The minimum atomic E-state index is -4.55. The molecule has 13 heteroatoms. The van der Waals surface area contributed by atoms with Gasteiger partial charge in [-0.15, -0.1) is 0 Å². The third-order valence-electron chi connectivity index (χ3n) is 7.69. The zero-order valence-electron chi connectivity index (χ0n) is 27.3. The van der Waals surface area contributed by atoms with E-state index in [4.69, 9.17) is 18.9 Å². The zero-order valence-corrected chi connectivity index (χ0v) is 28.1. The number of amides is 2. The summed E-state index contributed by atoms with van der Waals surface area (Å²) in [7, 11) is 2.44. The van der Waals surface area contributed by atoms with Gasteiger partial charge in [-0.3, -0.25) is 13.9 Å². The number of nitrogens with one attached hydrogen (secondary N) is 1. The highest BCUT2D eigenvalue weighted by molar-refractivity contribution is 7.92. The number of rotatable bonds is 15. The predicted octanol–water partition coefficient (Wildman–Crippen LogP) is 4.44. The Hall–Kier alpha value is -5.30. The Morgan fingerprint density at radius 2 is 1.44 bits per heavy atom. The van der Waals surface area contributed by atoms with Crippen LogP contribution in [0.3, 0.4) is 0 Å². The lowest BCUT2D eigenvalue weighted by Crippen LogP contribution is -2.53. The number of carbonyl (C=O) groups excluding carboxylic acids is 2. The van der Waals surface area contributed by atoms with Crippen molar-refractivity contribution in [2.45, 2.75) is 23.9 Å². The maximum absolute atomic E-state index is 15.0. The van der Waals surface area contributed by atoms with Crippen LogP contribution >= 0.6 is 0 Å². The van der Waals surface area contributed by atoms with Gasteiger partial charge in [-0.1, -0.05) is 48.5 Å². The Labute approximate surface area is 279 Å². The highest BCUT2D eigenvalue weighted by atomic mass is 32.2. The molecule has 1 atom stereocenters. The molecule has 4 aromatic carbocycles. The second-order valence-corrected chi connectivity index (χ2v) is 12.4. The Balaban J connectivity index is 1.89. The molecule has 254 valence electrons. The summed E-state index contributed by atoms with van der Waals surface area (Å²) in [6.07, 6.45) is 0.0750. The van der Waals surface area contributed by atoms with E-state index < -0.39 is 40.2 Å². The number of likely N-dealkylation sites (N-methyl/N-ethyl adjacent to an activating group) is 1. The van der Waals surface area contributed by atoms with E-state index in [1.807, 2.05) is 6.07 Å². The van der Waals surface area contributed by atoms with Crippen LogP contribution in [0.1, 0.15) is 11.1 Å². The van der Waals surface area contributed by atoms with Gasteiger partial charge in [-0.05, 0) is 35.9 Å². The first-order valence-electron chi connectivity index (χ1n) is 14.8.